The van der Waals surface area contributed by atoms with Crippen LogP contribution in [0.3, 0.4) is 0 Å². The minimum absolute atomic E-state index is 0.0147. The number of esters is 2. The molecule has 1 saturated heterocycles. The monoisotopic (exact) mass is 343 g/mol. The Hall–Kier alpha value is -2.37. The van der Waals surface area contributed by atoms with Gasteiger partial charge >= 0.3 is 11.9 Å². The van der Waals surface area contributed by atoms with E-state index in [2.05, 4.69) is 5.32 Å². The van der Waals surface area contributed by atoms with E-state index in [4.69, 9.17) is 9.47 Å². The van der Waals surface area contributed by atoms with Gasteiger partial charge in [-0.05, 0) is 49.8 Å². The van der Waals surface area contributed by atoms with Gasteiger partial charge in [0.2, 0.25) is 0 Å². The second-order valence-electron chi connectivity index (χ2n) is 7.40. The molecule has 0 radical (unpaired) electrons. The molecule has 0 spiro atoms. The van der Waals surface area contributed by atoms with Crippen molar-refractivity contribution >= 4 is 23.5 Å². The second kappa shape index (κ2) is 5.86. The molecule has 0 unspecified atom stereocenters. The SMILES string of the molecule is Cc1ccc(C)c(NC(=O)COC(=O)[C@@H]2[C@@H]3C[C@H]4[C@@H]2C(=O)O[C@@H]4C3)c1. The van der Waals surface area contributed by atoms with Crippen molar-refractivity contribution in [2.75, 3.05) is 11.9 Å². The van der Waals surface area contributed by atoms with Crippen LogP contribution >= 0.6 is 0 Å². The normalized spacial score (nSPS) is 31.8. The summed E-state index contributed by atoms with van der Waals surface area (Å²) >= 11 is 0. The number of benzene rings is 1. The van der Waals surface area contributed by atoms with Gasteiger partial charge in [-0.3, -0.25) is 14.4 Å². The van der Waals surface area contributed by atoms with Crippen LogP contribution < -0.4 is 5.32 Å². The number of amides is 1. The lowest BCUT2D eigenvalue weighted by atomic mass is 9.80. The van der Waals surface area contributed by atoms with Gasteiger partial charge in [0.25, 0.3) is 5.91 Å². The molecule has 6 heteroatoms. The Bertz CT molecular complexity index is 756. The summed E-state index contributed by atoms with van der Waals surface area (Å²) in [6.07, 6.45) is 1.57. The van der Waals surface area contributed by atoms with Crippen molar-refractivity contribution in [1.29, 1.82) is 0 Å². The third-order valence-corrected chi connectivity index (χ3v) is 5.77. The molecule has 1 aliphatic heterocycles. The molecular formula is C19H21NO5. The highest BCUT2D eigenvalue weighted by Gasteiger charge is 2.64. The molecule has 25 heavy (non-hydrogen) atoms. The zero-order chi connectivity index (χ0) is 17.7. The third kappa shape index (κ3) is 2.69. The number of ether oxygens (including phenoxy) is 2. The maximum atomic E-state index is 12.4. The summed E-state index contributed by atoms with van der Waals surface area (Å²) in [5, 5.41) is 2.77. The summed E-state index contributed by atoms with van der Waals surface area (Å²) in [5.41, 5.74) is 2.69. The number of nitrogens with one attached hydrogen (secondary N) is 1. The van der Waals surface area contributed by atoms with E-state index in [9.17, 15) is 14.4 Å². The van der Waals surface area contributed by atoms with E-state index in [-0.39, 0.29) is 42.3 Å². The first-order chi connectivity index (χ1) is 11.9. The lowest BCUT2D eigenvalue weighted by Crippen LogP contribution is -2.35. The van der Waals surface area contributed by atoms with Crippen LogP contribution in [0.15, 0.2) is 18.2 Å². The zero-order valence-corrected chi connectivity index (χ0v) is 14.3. The van der Waals surface area contributed by atoms with Crippen LogP contribution in [0.2, 0.25) is 0 Å². The van der Waals surface area contributed by atoms with Crippen molar-refractivity contribution in [3.05, 3.63) is 29.3 Å². The largest absolute Gasteiger partial charge is 0.462 e. The van der Waals surface area contributed by atoms with Crippen LogP contribution in [0.1, 0.15) is 24.0 Å². The highest BCUT2D eigenvalue weighted by atomic mass is 16.6. The van der Waals surface area contributed by atoms with Crippen molar-refractivity contribution < 1.29 is 23.9 Å². The molecule has 5 atom stereocenters. The Labute approximate surface area is 145 Å². The summed E-state index contributed by atoms with van der Waals surface area (Å²) in [5.74, 6) is -1.65. The van der Waals surface area contributed by atoms with Crippen molar-refractivity contribution in [2.24, 2.45) is 23.7 Å². The number of carbonyl (C=O) groups excluding carboxylic acids is 3. The lowest BCUT2D eigenvalue weighted by Gasteiger charge is -2.22. The highest BCUT2D eigenvalue weighted by Crippen LogP contribution is 2.57. The summed E-state index contributed by atoms with van der Waals surface area (Å²) < 4.78 is 10.5. The molecule has 1 aromatic rings. The zero-order valence-electron chi connectivity index (χ0n) is 14.3. The molecule has 2 saturated carbocycles. The number of fused-ring (bicyclic) bond motifs is 1. The predicted molar refractivity (Wildman–Crippen MR) is 88.6 cm³/mol. The molecule has 3 aliphatic rings. The Morgan fingerprint density at radius 2 is 2.08 bits per heavy atom. The van der Waals surface area contributed by atoms with E-state index in [0.717, 1.165) is 24.0 Å². The fourth-order valence-electron chi connectivity index (χ4n) is 4.61. The van der Waals surface area contributed by atoms with Gasteiger partial charge in [0.1, 0.15) is 6.10 Å². The van der Waals surface area contributed by atoms with Gasteiger partial charge in [0.05, 0.1) is 11.8 Å². The number of anilines is 1. The summed E-state index contributed by atoms with van der Waals surface area (Å²) in [4.78, 5) is 36.5. The molecule has 4 rings (SSSR count). The van der Waals surface area contributed by atoms with E-state index in [1.54, 1.807) is 0 Å². The Morgan fingerprint density at radius 3 is 2.88 bits per heavy atom. The maximum Gasteiger partial charge on any atom is 0.310 e. The average molecular weight is 343 g/mol. The molecule has 2 aliphatic carbocycles. The standard InChI is InChI=1S/C19H21NO5/c1-9-3-4-10(2)13(5-9)20-15(21)8-24-18(22)16-11-6-12-14(7-11)25-19(23)17(12)16/h3-5,11-12,14,16-17H,6-8H2,1-2H3,(H,20,21)/t11-,12-,14-,16-,17+/m1/s1. The molecule has 6 nitrogen and oxygen atoms in total. The molecule has 1 N–H and O–H groups in total. The van der Waals surface area contributed by atoms with Gasteiger partial charge in [0.15, 0.2) is 6.61 Å². The first-order valence-corrected chi connectivity index (χ1v) is 8.68. The fourth-order valence-corrected chi connectivity index (χ4v) is 4.61. The summed E-state index contributed by atoms with van der Waals surface area (Å²) in [6.45, 7) is 3.50. The number of hydrogen-bond acceptors (Lipinski definition) is 5. The maximum absolute atomic E-state index is 12.4. The second-order valence-corrected chi connectivity index (χ2v) is 7.40. The first kappa shape index (κ1) is 16.1. The molecule has 3 fully saturated rings. The van der Waals surface area contributed by atoms with Gasteiger partial charge in [-0.15, -0.1) is 0 Å². The van der Waals surface area contributed by atoms with Crippen LogP contribution in [0.4, 0.5) is 5.69 Å². The third-order valence-electron chi connectivity index (χ3n) is 5.77. The van der Waals surface area contributed by atoms with E-state index < -0.39 is 11.9 Å². The quantitative estimate of drug-likeness (QED) is 0.846. The van der Waals surface area contributed by atoms with Gasteiger partial charge in [-0.25, -0.2) is 0 Å². The number of hydrogen-bond donors (Lipinski definition) is 1. The van der Waals surface area contributed by atoms with E-state index in [0.29, 0.717) is 5.69 Å². The molecule has 0 aromatic heterocycles. The van der Waals surface area contributed by atoms with Gasteiger partial charge < -0.3 is 14.8 Å². The fraction of sp³-hybridized carbons (Fsp3) is 0.526. The van der Waals surface area contributed by atoms with Gasteiger partial charge in [-0.2, -0.15) is 0 Å². The van der Waals surface area contributed by atoms with Crippen LogP contribution in [-0.2, 0) is 23.9 Å². The predicted octanol–water partition coefficient (Wildman–Crippen LogP) is 1.98. The Balaban J connectivity index is 1.35. The highest BCUT2D eigenvalue weighted by molar-refractivity contribution is 5.94. The smallest absolute Gasteiger partial charge is 0.310 e. The van der Waals surface area contributed by atoms with E-state index in [1.807, 2.05) is 32.0 Å². The first-order valence-electron chi connectivity index (χ1n) is 8.68. The van der Waals surface area contributed by atoms with Crippen molar-refractivity contribution in [1.82, 2.24) is 0 Å². The van der Waals surface area contributed by atoms with E-state index in [1.165, 1.54) is 0 Å². The topological polar surface area (TPSA) is 81.7 Å². The van der Waals surface area contributed by atoms with E-state index >= 15 is 0 Å². The molecule has 1 aromatic carbocycles. The molecule has 1 amide bonds. The van der Waals surface area contributed by atoms with Crippen molar-refractivity contribution in [2.45, 2.75) is 32.8 Å². The van der Waals surface area contributed by atoms with Crippen LogP contribution in [0.5, 0.6) is 0 Å². The molecular weight excluding hydrogens is 322 g/mol. The number of rotatable bonds is 4. The average Bonchev–Trinajstić information content (AvgIpc) is 3.18. The Kier molecular flexibility index (Phi) is 3.78. The lowest BCUT2D eigenvalue weighted by molar-refractivity contribution is -0.157. The molecule has 1 heterocycles. The van der Waals surface area contributed by atoms with Crippen LogP contribution in [-0.4, -0.2) is 30.6 Å². The molecule has 132 valence electrons. The summed E-state index contributed by atoms with van der Waals surface area (Å²) in [7, 11) is 0. The van der Waals surface area contributed by atoms with Crippen LogP contribution in [0.25, 0.3) is 0 Å². The van der Waals surface area contributed by atoms with Gasteiger partial charge in [0, 0.05) is 11.6 Å². The van der Waals surface area contributed by atoms with Crippen molar-refractivity contribution in [3.8, 4) is 0 Å². The Morgan fingerprint density at radius 1 is 1.28 bits per heavy atom. The van der Waals surface area contributed by atoms with Crippen molar-refractivity contribution in [3.63, 3.8) is 0 Å². The number of carbonyl (C=O) groups is 3. The molecule has 2 bridgehead atoms. The summed E-state index contributed by atoms with van der Waals surface area (Å²) in [6, 6.07) is 5.77. The minimum atomic E-state index is -0.454. The van der Waals surface area contributed by atoms with Crippen LogP contribution in [0, 0.1) is 37.5 Å². The minimum Gasteiger partial charge on any atom is -0.462 e. The number of aryl methyl sites for hydroxylation is 2. The van der Waals surface area contributed by atoms with Gasteiger partial charge in [-0.1, -0.05) is 12.1 Å².